The Bertz CT molecular complexity index is 528. The van der Waals surface area contributed by atoms with Crippen molar-refractivity contribution < 1.29 is 19.4 Å². The molecule has 2 N–H and O–H groups in total. The number of likely N-dealkylation sites (N-methyl/N-ethyl adjacent to an activating group) is 1. The lowest BCUT2D eigenvalue weighted by Gasteiger charge is -2.26. The van der Waals surface area contributed by atoms with Gasteiger partial charge in [-0.2, -0.15) is 0 Å². The Morgan fingerprint density at radius 2 is 2.00 bits per heavy atom. The number of hydrogen-bond donors (Lipinski definition) is 2. The normalized spacial score (nSPS) is 12.9. The molecule has 0 aliphatic carbocycles. The second kappa shape index (κ2) is 10.4. The first-order valence-electron chi connectivity index (χ1n) is 8.66. The number of aliphatic hydroxyl groups excluding tert-OH is 1. The minimum absolute atomic E-state index is 0.0449. The number of rotatable bonds is 10. The molecular weight excluding hydrogens is 320 g/mol. The summed E-state index contributed by atoms with van der Waals surface area (Å²) in [6, 6.07) is 7.63. The van der Waals surface area contributed by atoms with Crippen molar-refractivity contribution in [3.8, 4) is 5.75 Å². The fraction of sp³-hybridized carbons (Fsp3) is 0.632. The van der Waals surface area contributed by atoms with Crippen LogP contribution in [-0.2, 0) is 16.1 Å². The van der Waals surface area contributed by atoms with E-state index in [-0.39, 0.29) is 24.6 Å². The summed E-state index contributed by atoms with van der Waals surface area (Å²) in [5, 5.41) is 13.1. The van der Waals surface area contributed by atoms with E-state index in [9.17, 15) is 9.90 Å². The van der Waals surface area contributed by atoms with Gasteiger partial charge in [0.1, 0.15) is 5.75 Å². The van der Waals surface area contributed by atoms with Crippen LogP contribution in [0.15, 0.2) is 24.3 Å². The number of ether oxygens (including phenoxy) is 2. The number of para-hydroxylation sites is 1. The number of aliphatic hydroxyl groups is 1. The van der Waals surface area contributed by atoms with Crippen LogP contribution in [0.4, 0.5) is 0 Å². The third-order valence-electron chi connectivity index (χ3n) is 3.56. The van der Waals surface area contributed by atoms with Crippen molar-refractivity contribution in [1.29, 1.82) is 0 Å². The smallest absolute Gasteiger partial charge is 0.234 e. The van der Waals surface area contributed by atoms with Crippen LogP contribution in [0.25, 0.3) is 0 Å². The SMILES string of the molecule is CCN(CC(=O)NC(C)(C)C)C[C@@H](O)COCc1ccccc1OC. The van der Waals surface area contributed by atoms with Gasteiger partial charge in [0.2, 0.25) is 5.91 Å². The van der Waals surface area contributed by atoms with Gasteiger partial charge in [0.25, 0.3) is 0 Å². The van der Waals surface area contributed by atoms with E-state index in [2.05, 4.69) is 5.32 Å². The lowest BCUT2D eigenvalue weighted by molar-refractivity contribution is -0.124. The van der Waals surface area contributed by atoms with Gasteiger partial charge >= 0.3 is 0 Å². The molecule has 0 unspecified atom stereocenters. The molecule has 1 amide bonds. The minimum Gasteiger partial charge on any atom is -0.496 e. The van der Waals surface area contributed by atoms with Crippen molar-refractivity contribution in [2.75, 3.05) is 33.4 Å². The molecule has 0 aliphatic rings. The predicted octanol–water partition coefficient (Wildman–Crippen LogP) is 1.81. The summed E-state index contributed by atoms with van der Waals surface area (Å²) in [5.74, 6) is 0.725. The van der Waals surface area contributed by atoms with Crippen LogP contribution in [0.2, 0.25) is 0 Å². The number of carbonyl (C=O) groups excluding carboxylic acids is 1. The monoisotopic (exact) mass is 352 g/mol. The molecule has 0 saturated carbocycles. The van der Waals surface area contributed by atoms with Crippen molar-refractivity contribution in [1.82, 2.24) is 10.2 Å². The molecule has 0 heterocycles. The number of nitrogens with one attached hydrogen (secondary N) is 1. The van der Waals surface area contributed by atoms with Crippen molar-refractivity contribution in [3.05, 3.63) is 29.8 Å². The maximum Gasteiger partial charge on any atom is 0.234 e. The summed E-state index contributed by atoms with van der Waals surface area (Å²) in [7, 11) is 1.62. The van der Waals surface area contributed by atoms with Crippen LogP contribution in [-0.4, -0.2) is 60.9 Å². The molecule has 0 radical (unpaired) electrons. The van der Waals surface area contributed by atoms with Gasteiger partial charge in [-0.3, -0.25) is 9.69 Å². The number of methoxy groups -OCH3 is 1. The molecule has 0 fully saturated rings. The first-order valence-corrected chi connectivity index (χ1v) is 8.66. The van der Waals surface area contributed by atoms with E-state index in [0.29, 0.717) is 19.7 Å². The second-order valence-electron chi connectivity index (χ2n) is 7.11. The van der Waals surface area contributed by atoms with E-state index in [1.165, 1.54) is 0 Å². The van der Waals surface area contributed by atoms with Crippen LogP contribution < -0.4 is 10.1 Å². The quantitative estimate of drug-likeness (QED) is 0.672. The molecule has 0 spiro atoms. The number of benzene rings is 1. The zero-order chi connectivity index (χ0) is 18.9. The Morgan fingerprint density at radius 3 is 2.60 bits per heavy atom. The lowest BCUT2D eigenvalue weighted by Crippen LogP contribution is -2.47. The van der Waals surface area contributed by atoms with E-state index in [4.69, 9.17) is 9.47 Å². The van der Waals surface area contributed by atoms with Crippen LogP contribution in [0.1, 0.15) is 33.3 Å². The number of nitrogens with zero attached hydrogens (tertiary/aromatic N) is 1. The fourth-order valence-corrected chi connectivity index (χ4v) is 2.44. The molecule has 25 heavy (non-hydrogen) atoms. The predicted molar refractivity (Wildman–Crippen MR) is 98.7 cm³/mol. The molecule has 1 aromatic rings. The Labute approximate surface area is 151 Å². The zero-order valence-electron chi connectivity index (χ0n) is 16.0. The standard InChI is InChI=1S/C19H32N2O4/c1-6-21(12-18(23)20-19(2,3)4)11-16(22)14-25-13-15-9-7-8-10-17(15)24-5/h7-10,16,22H,6,11-14H2,1-5H3,(H,20,23)/t16-/m1/s1. The van der Waals surface area contributed by atoms with E-state index in [1.54, 1.807) is 7.11 Å². The maximum absolute atomic E-state index is 12.0. The molecule has 0 aromatic heterocycles. The third-order valence-corrected chi connectivity index (χ3v) is 3.56. The summed E-state index contributed by atoms with van der Waals surface area (Å²) in [4.78, 5) is 13.9. The Kier molecular flexibility index (Phi) is 8.89. The van der Waals surface area contributed by atoms with Crippen molar-refractivity contribution >= 4 is 5.91 Å². The largest absolute Gasteiger partial charge is 0.496 e. The first kappa shape index (κ1) is 21.4. The summed E-state index contributed by atoms with van der Waals surface area (Å²) in [6.45, 7) is 9.71. The second-order valence-corrected chi connectivity index (χ2v) is 7.11. The number of carbonyl (C=O) groups is 1. The molecule has 0 bridgehead atoms. The topological polar surface area (TPSA) is 71.0 Å². The Morgan fingerprint density at radius 1 is 1.32 bits per heavy atom. The van der Waals surface area contributed by atoms with E-state index < -0.39 is 6.10 Å². The van der Waals surface area contributed by atoms with Gasteiger partial charge in [0.15, 0.2) is 0 Å². The molecule has 0 aliphatic heterocycles. The summed E-state index contributed by atoms with van der Waals surface area (Å²) in [6.07, 6.45) is -0.655. The summed E-state index contributed by atoms with van der Waals surface area (Å²) in [5.41, 5.74) is 0.682. The van der Waals surface area contributed by atoms with E-state index in [0.717, 1.165) is 11.3 Å². The highest BCUT2D eigenvalue weighted by Crippen LogP contribution is 2.18. The van der Waals surface area contributed by atoms with Gasteiger partial charge in [0.05, 0.1) is 33.0 Å². The van der Waals surface area contributed by atoms with Crippen LogP contribution in [0.3, 0.4) is 0 Å². The molecule has 6 nitrogen and oxygen atoms in total. The van der Waals surface area contributed by atoms with Crippen LogP contribution >= 0.6 is 0 Å². The number of amides is 1. The fourth-order valence-electron chi connectivity index (χ4n) is 2.44. The average molecular weight is 352 g/mol. The molecule has 6 heteroatoms. The molecule has 1 aromatic carbocycles. The van der Waals surface area contributed by atoms with Gasteiger partial charge in [-0.15, -0.1) is 0 Å². The molecule has 142 valence electrons. The van der Waals surface area contributed by atoms with Crippen molar-refractivity contribution in [2.45, 2.75) is 45.9 Å². The molecular formula is C19H32N2O4. The minimum atomic E-state index is -0.655. The lowest BCUT2D eigenvalue weighted by atomic mass is 10.1. The van der Waals surface area contributed by atoms with Gasteiger partial charge in [-0.05, 0) is 33.4 Å². The Hall–Kier alpha value is -1.63. The average Bonchev–Trinajstić information content (AvgIpc) is 2.52. The summed E-state index contributed by atoms with van der Waals surface area (Å²) >= 11 is 0. The van der Waals surface area contributed by atoms with Gasteiger partial charge in [0, 0.05) is 17.6 Å². The molecule has 0 saturated heterocycles. The van der Waals surface area contributed by atoms with Gasteiger partial charge in [-0.1, -0.05) is 25.1 Å². The maximum atomic E-state index is 12.0. The van der Waals surface area contributed by atoms with Gasteiger partial charge in [-0.25, -0.2) is 0 Å². The zero-order valence-corrected chi connectivity index (χ0v) is 16.0. The van der Waals surface area contributed by atoms with Crippen LogP contribution in [0.5, 0.6) is 5.75 Å². The summed E-state index contributed by atoms with van der Waals surface area (Å²) < 4.78 is 10.9. The van der Waals surface area contributed by atoms with Crippen LogP contribution in [0, 0.1) is 0 Å². The highest BCUT2D eigenvalue weighted by atomic mass is 16.5. The van der Waals surface area contributed by atoms with E-state index in [1.807, 2.05) is 56.9 Å². The molecule has 1 rings (SSSR count). The van der Waals surface area contributed by atoms with E-state index >= 15 is 0 Å². The first-order chi connectivity index (χ1) is 11.7. The Balaban J connectivity index is 2.38. The highest BCUT2D eigenvalue weighted by molar-refractivity contribution is 5.78. The highest BCUT2D eigenvalue weighted by Gasteiger charge is 2.18. The third kappa shape index (κ3) is 8.86. The molecule has 1 atom stereocenters. The number of hydrogen-bond acceptors (Lipinski definition) is 5. The van der Waals surface area contributed by atoms with Crippen molar-refractivity contribution in [2.24, 2.45) is 0 Å². The van der Waals surface area contributed by atoms with Crippen molar-refractivity contribution in [3.63, 3.8) is 0 Å². The van der Waals surface area contributed by atoms with Gasteiger partial charge < -0.3 is 19.9 Å².